The molecule has 1 aliphatic carbocycles. The maximum atomic E-state index is 11.7. The van der Waals surface area contributed by atoms with Gasteiger partial charge in [0.25, 0.3) is 0 Å². The van der Waals surface area contributed by atoms with Crippen LogP contribution in [0.5, 0.6) is 0 Å². The van der Waals surface area contributed by atoms with Crippen LogP contribution in [0, 0.1) is 5.92 Å². The van der Waals surface area contributed by atoms with Crippen molar-refractivity contribution in [2.75, 3.05) is 6.54 Å². The van der Waals surface area contributed by atoms with Crippen LogP contribution in [0.2, 0.25) is 5.02 Å². The Kier molecular flexibility index (Phi) is 5.44. The summed E-state index contributed by atoms with van der Waals surface area (Å²) in [5, 5.41) is 15.2. The van der Waals surface area contributed by atoms with Crippen LogP contribution in [0.4, 0.5) is 4.79 Å². The van der Waals surface area contributed by atoms with Crippen molar-refractivity contribution in [2.24, 2.45) is 5.92 Å². The highest BCUT2D eigenvalue weighted by Crippen LogP contribution is 2.25. The third kappa shape index (κ3) is 4.93. The quantitative estimate of drug-likeness (QED) is 0.781. The molecule has 0 aromatic heterocycles. The summed E-state index contributed by atoms with van der Waals surface area (Å²) in [6.07, 6.45) is 2.60. The van der Waals surface area contributed by atoms with Gasteiger partial charge in [-0.05, 0) is 43.4 Å². The van der Waals surface area contributed by atoms with Gasteiger partial charge in [-0.2, -0.15) is 0 Å². The number of urea groups is 1. The number of amides is 2. The van der Waals surface area contributed by atoms with Crippen molar-refractivity contribution in [1.82, 2.24) is 10.6 Å². The minimum Gasteiger partial charge on any atom is -0.481 e. The van der Waals surface area contributed by atoms with Gasteiger partial charge in [0, 0.05) is 17.6 Å². The fraction of sp³-hybridized carbons (Fsp3) is 0.467. The van der Waals surface area contributed by atoms with E-state index in [2.05, 4.69) is 10.6 Å². The summed E-state index contributed by atoms with van der Waals surface area (Å²) in [5.41, 5.74) is 1.10. The number of carbonyl (C=O) groups is 2. The molecule has 0 unspecified atom stereocenters. The zero-order valence-corrected chi connectivity index (χ0v) is 12.4. The van der Waals surface area contributed by atoms with E-state index in [1.54, 1.807) is 0 Å². The number of hydrogen-bond donors (Lipinski definition) is 3. The van der Waals surface area contributed by atoms with E-state index >= 15 is 0 Å². The first-order valence-electron chi connectivity index (χ1n) is 7.06. The summed E-state index contributed by atoms with van der Waals surface area (Å²) >= 11 is 5.80. The topological polar surface area (TPSA) is 78.4 Å². The standard InChI is InChI=1S/C15H19ClN2O3/c16-12-4-1-10(2-5-12)7-8-17-15(21)18-13-6-3-11(9-13)14(19)20/h1-2,4-5,11,13H,3,6-9H2,(H,19,20)(H2,17,18,21)/t11-,13+/m1/s1. The minimum absolute atomic E-state index is 0.0402. The first kappa shape index (κ1) is 15.6. The van der Waals surface area contributed by atoms with Crippen molar-refractivity contribution in [3.8, 4) is 0 Å². The second kappa shape index (κ2) is 7.31. The van der Waals surface area contributed by atoms with Crippen LogP contribution in [0.15, 0.2) is 24.3 Å². The highest BCUT2D eigenvalue weighted by molar-refractivity contribution is 6.30. The average molecular weight is 311 g/mol. The Morgan fingerprint density at radius 2 is 1.95 bits per heavy atom. The molecular formula is C15H19ClN2O3. The highest BCUT2D eigenvalue weighted by atomic mass is 35.5. The van der Waals surface area contributed by atoms with Gasteiger partial charge < -0.3 is 15.7 Å². The van der Waals surface area contributed by atoms with Crippen molar-refractivity contribution in [3.05, 3.63) is 34.9 Å². The lowest BCUT2D eigenvalue weighted by molar-refractivity contribution is -0.141. The maximum absolute atomic E-state index is 11.7. The molecule has 114 valence electrons. The van der Waals surface area contributed by atoms with E-state index < -0.39 is 5.97 Å². The largest absolute Gasteiger partial charge is 0.481 e. The monoisotopic (exact) mass is 310 g/mol. The van der Waals surface area contributed by atoms with Gasteiger partial charge in [0.2, 0.25) is 0 Å². The van der Waals surface area contributed by atoms with Gasteiger partial charge >= 0.3 is 12.0 Å². The fourth-order valence-electron chi connectivity index (χ4n) is 2.54. The van der Waals surface area contributed by atoms with Crippen LogP contribution in [0.1, 0.15) is 24.8 Å². The van der Waals surface area contributed by atoms with Crippen molar-refractivity contribution < 1.29 is 14.7 Å². The molecule has 1 aromatic carbocycles. The number of aliphatic carboxylic acids is 1. The molecule has 3 N–H and O–H groups in total. The summed E-state index contributed by atoms with van der Waals surface area (Å²) < 4.78 is 0. The minimum atomic E-state index is -0.776. The van der Waals surface area contributed by atoms with E-state index in [1.807, 2.05) is 24.3 Å². The first-order valence-corrected chi connectivity index (χ1v) is 7.44. The van der Waals surface area contributed by atoms with E-state index in [4.69, 9.17) is 16.7 Å². The van der Waals surface area contributed by atoms with Gasteiger partial charge in [-0.15, -0.1) is 0 Å². The molecule has 5 nitrogen and oxygen atoms in total. The second-order valence-electron chi connectivity index (χ2n) is 5.32. The van der Waals surface area contributed by atoms with Crippen LogP contribution in [0.25, 0.3) is 0 Å². The van der Waals surface area contributed by atoms with E-state index in [-0.39, 0.29) is 18.0 Å². The molecular weight excluding hydrogens is 292 g/mol. The third-order valence-corrected chi connectivity index (χ3v) is 3.98. The maximum Gasteiger partial charge on any atom is 0.315 e. The molecule has 0 bridgehead atoms. The van der Waals surface area contributed by atoms with Gasteiger partial charge in [-0.1, -0.05) is 23.7 Å². The lowest BCUT2D eigenvalue weighted by atomic mass is 10.1. The number of carbonyl (C=O) groups excluding carboxylic acids is 1. The summed E-state index contributed by atoms with van der Waals surface area (Å²) in [5.74, 6) is -1.10. The molecule has 0 heterocycles. The molecule has 2 amide bonds. The zero-order valence-electron chi connectivity index (χ0n) is 11.6. The number of benzene rings is 1. The molecule has 2 atom stereocenters. The normalized spacial score (nSPS) is 21.0. The number of hydrogen-bond acceptors (Lipinski definition) is 2. The second-order valence-corrected chi connectivity index (χ2v) is 5.76. The van der Waals surface area contributed by atoms with Gasteiger partial charge in [-0.25, -0.2) is 4.79 Å². The van der Waals surface area contributed by atoms with Crippen molar-refractivity contribution in [1.29, 1.82) is 0 Å². The Morgan fingerprint density at radius 1 is 1.24 bits per heavy atom. The van der Waals surface area contributed by atoms with Crippen molar-refractivity contribution >= 4 is 23.6 Å². The number of carboxylic acid groups (broad SMARTS) is 1. The Hall–Kier alpha value is -1.75. The summed E-state index contributed by atoms with van der Waals surface area (Å²) in [7, 11) is 0. The first-order chi connectivity index (χ1) is 10.0. The number of halogens is 1. The summed E-state index contributed by atoms with van der Waals surface area (Å²) in [4.78, 5) is 22.6. The molecule has 21 heavy (non-hydrogen) atoms. The molecule has 0 radical (unpaired) electrons. The zero-order chi connectivity index (χ0) is 15.2. The third-order valence-electron chi connectivity index (χ3n) is 3.73. The summed E-state index contributed by atoms with van der Waals surface area (Å²) in [6.45, 7) is 0.530. The molecule has 0 aliphatic heterocycles. The van der Waals surface area contributed by atoms with Crippen LogP contribution in [0.3, 0.4) is 0 Å². The van der Waals surface area contributed by atoms with E-state index in [1.165, 1.54) is 0 Å². The average Bonchev–Trinajstić information content (AvgIpc) is 2.90. The fourth-order valence-corrected chi connectivity index (χ4v) is 2.67. The molecule has 1 fully saturated rings. The van der Waals surface area contributed by atoms with E-state index in [0.29, 0.717) is 24.4 Å². The Balaban J connectivity index is 1.66. The van der Waals surface area contributed by atoms with Crippen molar-refractivity contribution in [2.45, 2.75) is 31.7 Å². The molecule has 1 aromatic rings. The van der Waals surface area contributed by atoms with Gasteiger partial charge in [0.15, 0.2) is 0 Å². The smallest absolute Gasteiger partial charge is 0.315 e. The Morgan fingerprint density at radius 3 is 2.57 bits per heavy atom. The predicted molar refractivity (Wildman–Crippen MR) is 80.5 cm³/mol. The Bertz CT molecular complexity index is 504. The van der Waals surface area contributed by atoms with E-state index in [9.17, 15) is 9.59 Å². The van der Waals surface area contributed by atoms with E-state index in [0.717, 1.165) is 18.4 Å². The van der Waals surface area contributed by atoms with Gasteiger partial charge in [-0.3, -0.25) is 4.79 Å². The molecule has 1 saturated carbocycles. The van der Waals surface area contributed by atoms with Crippen LogP contribution < -0.4 is 10.6 Å². The molecule has 0 spiro atoms. The van der Waals surface area contributed by atoms with Crippen LogP contribution in [-0.2, 0) is 11.2 Å². The lowest BCUT2D eigenvalue weighted by Gasteiger charge is -2.13. The summed E-state index contributed by atoms with van der Waals surface area (Å²) in [6, 6.07) is 7.22. The van der Waals surface area contributed by atoms with Crippen LogP contribution >= 0.6 is 11.6 Å². The molecule has 1 aliphatic rings. The highest BCUT2D eigenvalue weighted by Gasteiger charge is 2.30. The molecule has 0 saturated heterocycles. The van der Waals surface area contributed by atoms with Gasteiger partial charge in [0.05, 0.1) is 5.92 Å². The SMILES string of the molecule is O=C(NCCc1ccc(Cl)cc1)N[C@H]1CC[C@@H](C(=O)O)C1. The van der Waals surface area contributed by atoms with Crippen molar-refractivity contribution in [3.63, 3.8) is 0 Å². The number of rotatable bonds is 5. The Labute approximate surface area is 128 Å². The van der Waals surface area contributed by atoms with Gasteiger partial charge in [0.1, 0.15) is 0 Å². The lowest BCUT2D eigenvalue weighted by Crippen LogP contribution is -2.41. The van der Waals surface area contributed by atoms with Crippen LogP contribution in [-0.4, -0.2) is 29.7 Å². The number of carboxylic acids is 1. The predicted octanol–water partition coefficient (Wildman–Crippen LogP) is 2.44. The number of nitrogens with one attached hydrogen (secondary N) is 2. The molecule has 2 rings (SSSR count). The molecule has 6 heteroatoms.